The number of amides is 1. The van der Waals surface area contributed by atoms with E-state index in [1.807, 2.05) is 18.3 Å². The molecule has 2 fully saturated rings. The van der Waals surface area contributed by atoms with E-state index in [1.54, 1.807) is 6.20 Å². The van der Waals surface area contributed by atoms with Crippen molar-refractivity contribution in [1.82, 2.24) is 15.2 Å². The molecule has 4 heteroatoms. The molecule has 5 rings (SSSR count). The zero-order valence-corrected chi connectivity index (χ0v) is 16.4. The summed E-state index contributed by atoms with van der Waals surface area (Å²) in [6.45, 7) is 4.18. The van der Waals surface area contributed by atoms with Crippen molar-refractivity contribution in [3.8, 4) is 0 Å². The summed E-state index contributed by atoms with van der Waals surface area (Å²) in [5.74, 6) is 1.09. The fourth-order valence-electron chi connectivity index (χ4n) is 5.25. The summed E-state index contributed by atoms with van der Waals surface area (Å²) in [5.41, 5.74) is 3.92. The van der Waals surface area contributed by atoms with Crippen LogP contribution in [0.5, 0.6) is 0 Å². The van der Waals surface area contributed by atoms with Crippen molar-refractivity contribution in [3.63, 3.8) is 0 Å². The van der Waals surface area contributed by atoms with E-state index in [2.05, 4.69) is 39.5 Å². The third-order valence-electron chi connectivity index (χ3n) is 7.03. The van der Waals surface area contributed by atoms with E-state index in [4.69, 9.17) is 0 Å². The first kappa shape index (κ1) is 17.9. The fourth-order valence-corrected chi connectivity index (χ4v) is 5.25. The number of piperidine rings is 1. The summed E-state index contributed by atoms with van der Waals surface area (Å²) in [6, 6.07) is 12.6. The molecule has 1 aliphatic heterocycles. The lowest BCUT2D eigenvalue weighted by Crippen LogP contribution is -2.42. The molecule has 1 N–H and O–H groups in total. The molecule has 1 unspecified atom stereocenters. The minimum absolute atomic E-state index is 0.0251. The Hall–Kier alpha value is -2.20. The highest BCUT2D eigenvalue weighted by Crippen LogP contribution is 2.52. The van der Waals surface area contributed by atoms with Gasteiger partial charge in [-0.3, -0.25) is 9.78 Å². The molecule has 2 heterocycles. The van der Waals surface area contributed by atoms with Gasteiger partial charge in [0.1, 0.15) is 0 Å². The largest absolute Gasteiger partial charge is 0.351 e. The number of hydrogen-bond acceptors (Lipinski definition) is 3. The zero-order chi connectivity index (χ0) is 19.0. The van der Waals surface area contributed by atoms with Crippen molar-refractivity contribution in [2.45, 2.75) is 50.0 Å². The Morgan fingerprint density at radius 1 is 1.14 bits per heavy atom. The Morgan fingerprint density at radius 2 is 1.96 bits per heavy atom. The Kier molecular flexibility index (Phi) is 4.67. The van der Waals surface area contributed by atoms with Gasteiger partial charge in [-0.1, -0.05) is 30.3 Å². The van der Waals surface area contributed by atoms with Crippen LogP contribution in [0.4, 0.5) is 0 Å². The van der Waals surface area contributed by atoms with Crippen molar-refractivity contribution < 1.29 is 4.79 Å². The summed E-state index contributed by atoms with van der Waals surface area (Å²) in [5, 5.41) is 3.16. The Morgan fingerprint density at radius 3 is 2.71 bits per heavy atom. The number of fused-ring (bicyclic) bond motifs is 2. The van der Waals surface area contributed by atoms with Crippen LogP contribution in [0, 0.1) is 5.92 Å². The van der Waals surface area contributed by atoms with Gasteiger partial charge in [-0.05, 0) is 79.3 Å². The van der Waals surface area contributed by atoms with Crippen molar-refractivity contribution >= 4 is 5.91 Å². The molecular formula is C24H29N3O. The quantitative estimate of drug-likeness (QED) is 0.868. The lowest BCUT2D eigenvalue weighted by Gasteiger charge is -2.40. The highest BCUT2D eigenvalue weighted by molar-refractivity contribution is 5.85. The van der Waals surface area contributed by atoms with Crippen LogP contribution in [0.15, 0.2) is 48.8 Å². The predicted octanol–water partition coefficient (Wildman–Crippen LogP) is 3.63. The highest BCUT2D eigenvalue weighted by atomic mass is 16.1. The van der Waals surface area contributed by atoms with Gasteiger partial charge in [-0.15, -0.1) is 0 Å². The SMILES string of the molecule is O=C(NCc1cccnc1)C1CC2(CCN(CC3CC3)CC2)c2ccccc21. The van der Waals surface area contributed by atoms with E-state index in [0.29, 0.717) is 6.54 Å². The fraction of sp³-hybridized carbons (Fsp3) is 0.500. The van der Waals surface area contributed by atoms with Gasteiger partial charge in [-0.2, -0.15) is 0 Å². The van der Waals surface area contributed by atoms with Crippen LogP contribution in [0.1, 0.15) is 54.7 Å². The number of aromatic nitrogens is 1. The third-order valence-corrected chi connectivity index (χ3v) is 7.03. The van der Waals surface area contributed by atoms with Gasteiger partial charge in [-0.25, -0.2) is 0 Å². The molecule has 146 valence electrons. The Balaban J connectivity index is 1.30. The molecule has 0 radical (unpaired) electrons. The molecule has 0 bridgehead atoms. The van der Waals surface area contributed by atoms with Gasteiger partial charge in [0.25, 0.3) is 0 Å². The van der Waals surface area contributed by atoms with Crippen LogP contribution >= 0.6 is 0 Å². The van der Waals surface area contributed by atoms with Crippen molar-refractivity contribution in [2.75, 3.05) is 19.6 Å². The maximum atomic E-state index is 13.1. The van der Waals surface area contributed by atoms with E-state index in [9.17, 15) is 4.79 Å². The number of benzene rings is 1. The van der Waals surface area contributed by atoms with Crippen molar-refractivity contribution in [1.29, 1.82) is 0 Å². The minimum Gasteiger partial charge on any atom is -0.351 e. The Bertz CT molecular complexity index is 838. The number of likely N-dealkylation sites (tertiary alicyclic amines) is 1. The number of carbonyl (C=O) groups is 1. The van der Waals surface area contributed by atoms with Crippen LogP contribution in [-0.2, 0) is 16.8 Å². The number of rotatable bonds is 5. The zero-order valence-electron chi connectivity index (χ0n) is 16.4. The molecule has 1 atom stereocenters. The molecule has 1 spiro atoms. The van der Waals surface area contributed by atoms with E-state index in [0.717, 1.165) is 17.9 Å². The maximum Gasteiger partial charge on any atom is 0.227 e. The summed E-state index contributed by atoms with van der Waals surface area (Å²) in [6.07, 6.45) is 9.75. The number of pyridine rings is 1. The van der Waals surface area contributed by atoms with Crippen LogP contribution in [0.2, 0.25) is 0 Å². The summed E-state index contributed by atoms with van der Waals surface area (Å²) < 4.78 is 0. The van der Waals surface area contributed by atoms with Crippen LogP contribution < -0.4 is 5.32 Å². The maximum absolute atomic E-state index is 13.1. The van der Waals surface area contributed by atoms with Gasteiger partial charge in [0, 0.05) is 25.5 Å². The molecule has 1 aromatic heterocycles. The standard InChI is InChI=1S/C24H29N3O/c28-23(26-16-19-4-3-11-25-15-19)21-14-24(22-6-2-1-5-20(21)22)9-12-27(13-10-24)17-18-7-8-18/h1-6,11,15,18,21H,7-10,12-14,16-17H2,(H,26,28). The summed E-state index contributed by atoms with van der Waals surface area (Å²) >= 11 is 0. The first-order chi connectivity index (χ1) is 13.7. The van der Waals surface area contributed by atoms with E-state index in [-0.39, 0.29) is 17.2 Å². The summed E-state index contributed by atoms with van der Waals surface area (Å²) in [7, 11) is 0. The second-order valence-electron chi connectivity index (χ2n) is 8.95. The molecule has 1 amide bonds. The van der Waals surface area contributed by atoms with Gasteiger partial charge < -0.3 is 10.2 Å². The molecule has 1 aromatic carbocycles. The molecule has 1 saturated carbocycles. The topological polar surface area (TPSA) is 45.2 Å². The van der Waals surface area contributed by atoms with E-state index < -0.39 is 0 Å². The van der Waals surface area contributed by atoms with Crippen LogP contribution in [-0.4, -0.2) is 35.4 Å². The van der Waals surface area contributed by atoms with Crippen molar-refractivity contribution in [3.05, 3.63) is 65.5 Å². The average molecular weight is 376 g/mol. The molecule has 28 heavy (non-hydrogen) atoms. The molecule has 1 saturated heterocycles. The predicted molar refractivity (Wildman–Crippen MR) is 110 cm³/mol. The second-order valence-corrected chi connectivity index (χ2v) is 8.95. The molecule has 4 nitrogen and oxygen atoms in total. The van der Waals surface area contributed by atoms with Gasteiger partial charge in [0.15, 0.2) is 0 Å². The first-order valence-corrected chi connectivity index (χ1v) is 10.7. The lowest BCUT2D eigenvalue weighted by atomic mass is 9.73. The van der Waals surface area contributed by atoms with Crippen molar-refractivity contribution in [2.24, 2.45) is 5.92 Å². The Labute approximate surface area is 167 Å². The minimum atomic E-state index is -0.0251. The average Bonchev–Trinajstić information content (AvgIpc) is 3.51. The molecule has 2 aromatic rings. The first-order valence-electron chi connectivity index (χ1n) is 10.7. The van der Waals surface area contributed by atoms with Gasteiger partial charge in [0.2, 0.25) is 5.91 Å². The summed E-state index contributed by atoms with van der Waals surface area (Å²) in [4.78, 5) is 19.9. The number of nitrogens with zero attached hydrogens (tertiary/aromatic N) is 2. The number of nitrogens with one attached hydrogen (secondary N) is 1. The number of carbonyl (C=O) groups excluding carboxylic acids is 1. The molecule has 3 aliphatic rings. The second kappa shape index (κ2) is 7.32. The lowest BCUT2D eigenvalue weighted by molar-refractivity contribution is -0.123. The molecule has 2 aliphatic carbocycles. The third kappa shape index (κ3) is 3.46. The van der Waals surface area contributed by atoms with Crippen LogP contribution in [0.25, 0.3) is 0 Å². The van der Waals surface area contributed by atoms with E-state index in [1.165, 1.54) is 56.4 Å². The van der Waals surface area contributed by atoms with Gasteiger partial charge >= 0.3 is 0 Å². The normalized spacial score (nSPS) is 23.5. The molecular weight excluding hydrogens is 346 g/mol. The highest BCUT2D eigenvalue weighted by Gasteiger charge is 2.47. The smallest absolute Gasteiger partial charge is 0.227 e. The van der Waals surface area contributed by atoms with Gasteiger partial charge in [0.05, 0.1) is 5.92 Å². The number of hydrogen-bond donors (Lipinski definition) is 1. The van der Waals surface area contributed by atoms with E-state index >= 15 is 0 Å². The monoisotopic (exact) mass is 375 g/mol. The van der Waals surface area contributed by atoms with Crippen LogP contribution in [0.3, 0.4) is 0 Å².